The molecule has 0 aliphatic carbocycles. The van der Waals surface area contributed by atoms with E-state index in [4.69, 9.17) is 9.72 Å². The summed E-state index contributed by atoms with van der Waals surface area (Å²) in [6.07, 6.45) is 0. The van der Waals surface area contributed by atoms with Crippen molar-refractivity contribution in [1.82, 2.24) is 14.5 Å². The van der Waals surface area contributed by atoms with E-state index in [-0.39, 0.29) is 18.0 Å². The van der Waals surface area contributed by atoms with E-state index in [1.165, 1.54) is 0 Å². The Bertz CT molecular complexity index is 926. The maximum atomic E-state index is 13.1. The molecule has 138 valence electrons. The SMILES string of the molecule is COc1ccc(-n2c(SCCN(C)C)nc3ccccc3c2=O)cc1.Cl. The minimum absolute atomic E-state index is 0. The number of nitrogens with zero attached hydrogens (tertiary/aromatic N) is 3. The van der Waals surface area contributed by atoms with Crippen LogP contribution in [0, 0.1) is 0 Å². The molecule has 0 atom stereocenters. The lowest BCUT2D eigenvalue weighted by atomic mass is 10.2. The standard InChI is InChI=1S/C19H21N3O2S.ClH/c1-21(2)12-13-25-19-20-17-7-5-4-6-16(17)18(23)22(19)14-8-10-15(24-3)11-9-14;/h4-11H,12-13H2,1-3H3;1H. The fourth-order valence-electron chi connectivity index (χ4n) is 2.49. The number of halogens is 1. The van der Waals surface area contributed by atoms with E-state index in [1.807, 2.05) is 62.6 Å². The van der Waals surface area contributed by atoms with Gasteiger partial charge in [-0.25, -0.2) is 4.98 Å². The Morgan fingerprint density at radius 3 is 2.46 bits per heavy atom. The van der Waals surface area contributed by atoms with Crippen molar-refractivity contribution in [3.63, 3.8) is 0 Å². The number of aromatic nitrogens is 2. The molecule has 0 saturated carbocycles. The molecular formula is C19H22ClN3O2S. The summed E-state index contributed by atoms with van der Waals surface area (Å²) in [5.41, 5.74) is 1.46. The van der Waals surface area contributed by atoms with Crippen molar-refractivity contribution in [2.24, 2.45) is 0 Å². The number of methoxy groups -OCH3 is 1. The van der Waals surface area contributed by atoms with Gasteiger partial charge < -0.3 is 9.64 Å². The molecule has 1 heterocycles. The number of rotatable bonds is 6. The van der Waals surface area contributed by atoms with Crippen LogP contribution in [-0.2, 0) is 0 Å². The van der Waals surface area contributed by atoms with Crippen LogP contribution in [0.1, 0.15) is 0 Å². The Morgan fingerprint density at radius 1 is 1.12 bits per heavy atom. The summed E-state index contributed by atoms with van der Waals surface area (Å²) in [4.78, 5) is 19.9. The molecule has 26 heavy (non-hydrogen) atoms. The molecule has 0 bridgehead atoms. The van der Waals surface area contributed by atoms with Crippen LogP contribution in [-0.4, -0.2) is 48.0 Å². The topological polar surface area (TPSA) is 47.4 Å². The minimum atomic E-state index is -0.0527. The van der Waals surface area contributed by atoms with Gasteiger partial charge in [0.25, 0.3) is 5.56 Å². The Labute approximate surface area is 163 Å². The van der Waals surface area contributed by atoms with Crippen LogP contribution >= 0.6 is 24.2 Å². The summed E-state index contributed by atoms with van der Waals surface area (Å²) in [6, 6.07) is 14.9. The summed E-state index contributed by atoms with van der Waals surface area (Å²) in [7, 11) is 5.69. The van der Waals surface area contributed by atoms with Gasteiger partial charge in [0, 0.05) is 12.3 Å². The van der Waals surface area contributed by atoms with Crippen molar-refractivity contribution >= 4 is 35.1 Å². The molecule has 1 aromatic heterocycles. The van der Waals surface area contributed by atoms with E-state index < -0.39 is 0 Å². The van der Waals surface area contributed by atoms with Gasteiger partial charge in [0.15, 0.2) is 5.16 Å². The number of hydrogen-bond donors (Lipinski definition) is 0. The lowest BCUT2D eigenvalue weighted by molar-refractivity contribution is 0.414. The average Bonchev–Trinajstić information content (AvgIpc) is 2.62. The third kappa shape index (κ3) is 4.38. The van der Waals surface area contributed by atoms with E-state index in [0.29, 0.717) is 10.5 Å². The molecule has 0 radical (unpaired) electrons. The van der Waals surface area contributed by atoms with Gasteiger partial charge in [0.05, 0.1) is 23.7 Å². The van der Waals surface area contributed by atoms with Crippen LogP contribution in [0.3, 0.4) is 0 Å². The number of benzene rings is 2. The first-order chi connectivity index (χ1) is 12.1. The zero-order valence-electron chi connectivity index (χ0n) is 15.0. The van der Waals surface area contributed by atoms with Gasteiger partial charge in [-0.3, -0.25) is 9.36 Å². The zero-order valence-corrected chi connectivity index (χ0v) is 16.6. The van der Waals surface area contributed by atoms with Crippen molar-refractivity contribution in [1.29, 1.82) is 0 Å². The molecule has 7 heteroatoms. The smallest absolute Gasteiger partial charge is 0.266 e. The van der Waals surface area contributed by atoms with Gasteiger partial charge in [-0.2, -0.15) is 0 Å². The first-order valence-electron chi connectivity index (χ1n) is 8.04. The van der Waals surface area contributed by atoms with Crippen LogP contribution in [0.25, 0.3) is 16.6 Å². The van der Waals surface area contributed by atoms with Crippen LogP contribution in [0.5, 0.6) is 5.75 Å². The third-order valence-electron chi connectivity index (χ3n) is 3.85. The number of para-hydroxylation sites is 1. The maximum absolute atomic E-state index is 13.1. The maximum Gasteiger partial charge on any atom is 0.266 e. The van der Waals surface area contributed by atoms with Gasteiger partial charge in [-0.15, -0.1) is 12.4 Å². The van der Waals surface area contributed by atoms with Gasteiger partial charge in [0.2, 0.25) is 0 Å². The summed E-state index contributed by atoms with van der Waals surface area (Å²) in [6.45, 7) is 0.913. The molecule has 0 aliphatic rings. The zero-order chi connectivity index (χ0) is 17.8. The van der Waals surface area contributed by atoms with Gasteiger partial charge in [0.1, 0.15) is 5.75 Å². The highest BCUT2D eigenvalue weighted by Crippen LogP contribution is 2.22. The van der Waals surface area contributed by atoms with Crippen molar-refractivity contribution in [3.05, 3.63) is 58.9 Å². The second kappa shape index (κ2) is 9.07. The Balaban J connectivity index is 0.00000243. The quantitative estimate of drug-likeness (QED) is 0.475. The highest BCUT2D eigenvalue weighted by atomic mass is 35.5. The largest absolute Gasteiger partial charge is 0.497 e. The van der Waals surface area contributed by atoms with E-state index in [1.54, 1.807) is 23.4 Å². The number of hydrogen-bond acceptors (Lipinski definition) is 5. The van der Waals surface area contributed by atoms with E-state index >= 15 is 0 Å². The number of fused-ring (bicyclic) bond motifs is 1. The first kappa shape index (κ1) is 20.3. The molecular weight excluding hydrogens is 370 g/mol. The molecule has 3 rings (SSSR count). The van der Waals surface area contributed by atoms with Crippen molar-refractivity contribution in [2.45, 2.75) is 5.16 Å². The average molecular weight is 392 g/mol. The molecule has 3 aromatic rings. The van der Waals surface area contributed by atoms with Crippen LogP contribution in [0.2, 0.25) is 0 Å². The predicted octanol–water partition coefficient (Wildman–Crippen LogP) is 3.47. The van der Waals surface area contributed by atoms with E-state index in [0.717, 1.165) is 29.3 Å². The second-order valence-corrected chi connectivity index (χ2v) is 6.96. The lowest BCUT2D eigenvalue weighted by Crippen LogP contribution is -2.22. The molecule has 0 amide bonds. The van der Waals surface area contributed by atoms with Crippen LogP contribution in [0.15, 0.2) is 58.5 Å². The van der Waals surface area contributed by atoms with Gasteiger partial charge in [-0.1, -0.05) is 23.9 Å². The molecule has 0 unspecified atom stereocenters. The molecule has 0 saturated heterocycles. The second-order valence-electron chi connectivity index (χ2n) is 5.90. The predicted molar refractivity (Wildman–Crippen MR) is 110 cm³/mol. The molecule has 0 N–H and O–H groups in total. The fraction of sp³-hybridized carbons (Fsp3) is 0.263. The van der Waals surface area contributed by atoms with Crippen LogP contribution < -0.4 is 10.3 Å². The lowest BCUT2D eigenvalue weighted by Gasteiger charge is -2.14. The molecule has 5 nitrogen and oxygen atoms in total. The van der Waals surface area contributed by atoms with E-state index in [2.05, 4.69) is 4.90 Å². The monoisotopic (exact) mass is 391 g/mol. The highest BCUT2D eigenvalue weighted by molar-refractivity contribution is 7.99. The van der Waals surface area contributed by atoms with Crippen molar-refractivity contribution < 1.29 is 4.74 Å². The number of thioether (sulfide) groups is 1. The Morgan fingerprint density at radius 2 is 1.81 bits per heavy atom. The summed E-state index contributed by atoms with van der Waals surface area (Å²) in [5, 5.41) is 1.32. The number of ether oxygens (including phenoxy) is 1. The summed E-state index contributed by atoms with van der Waals surface area (Å²) >= 11 is 1.59. The Hall–Kier alpha value is -2.02. The first-order valence-corrected chi connectivity index (χ1v) is 9.02. The fourth-order valence-corrected chi connectivity index (χ4v) is 3.61. The van der Waals surface area contributed by atoms with E-state index in [9.17, 15) is 4.79 Å². The van der Waals surface area contributed by atoms with Crippen molar-refractivity contribution in [2.75, 3.05) is 33.5 Å². The Kier molecular flexibility index (Phi) is 7.08. The molecule has 0 aliphatic heterocycles. The van der Waals surface area contributed by atoms with Crippen LogP contribution in [0.4, 0.5) is 0 Å². The molecule has 2 aromatic carbocycles. The minimum Gasteiger partial charge on any atom is -0.497 e. The normalized spacial score (nSPS) is 10.8. The van der Waals surface area contributed by atoms with Crippen molar-refractivity contribution in [3.8, 4) is 11.4 Å². The molecule has 0 fully saturated rings. The van der Waals surface area contributed by atoms with Gasteiger partial charge >= 0.3 is 0 Å². The third-order valence-corrected chi connectivity index (χ3v) is 4.76. The summed E-state index contributed by atoms with van der Waals surface area (Å²) in [5.74, 6) is 1.61. The molecule has 0 spiro atoms. The summed E-state index contributed by atoms with van der Waals surface area (Å²) < 4.78 is 6.90. The highest BCUT2D eigenvalue weighted by Gasteiger charge is 2.13. The van der Waals surface area contributed by atoms with Gasteiger partial charge in [-0.05, 0) is 50.5 Å².